The highest BCUT2D eigenvalue weighted by atomic mass is 32.2. The van der Waals surface area contributed by atoms with Crippen LogP contribution in [0.3, 0.4) is 0 Å². The van der Waals surface area contributed by atoms with Crippen LogP contribution in [0.25, 0.3) is 10.9 Å². The number of nitrogens with one attached hydrogen (secondary N) is 1. The number of hydrogen-bond acceptors (Lipinski definition) is 5. The van der Waals surface area contributed by atoms with Crippen molar-refractivity contribution in [1.82, 2.24) is 14.8 Å². The van der Waals surface area contributed by atoms with Crippen molar-refractivity contribution < 1.29 is 13.2 Å². The minimum absolute atomic E-state index is 0.00247. The van der Waals surface area contributed by atoms with Crippen LogP contribution in [0.5, 0.6) is 0 Å². The zero-order chi connectivity index (χ0) is 23.2. The molecule has 4 aromatic rings. The standard InChI is InChI=1S/C24H23N5O3S/c1-16-13-20-14-21(8-9-22(20)29(16)17(2)30)33(31,32)27-23-10-12-28(26-23)15-19-6-3-5-18-7-4-11-25-24(18)19/h3-12,14,16H,13,15H2,1-2H3,(H,26,27). The lowest BCUT2D eigenvalue weighted by molar-refractivity contribution is -0.116. The van der Waals surface area contributed by atoms with Crippen LogP contribution in [0.4, 0.5) is 11.5 Å². The van der Waals surface area contributed by atoms with E-state index in [0.717, 1.165) is 27.7 Å². The largest absolute Gasteiger partial charge is 0.309 e. The molecule has 0 aliphatic carbocycles. The number of amides is 1. The molecule has 1 unspecified atom stereocenters. The van der Waals surface area contributed by atoms with Crippen molar-refractivity contribution in [2.75, 3.05) is 9.62 Å². The molecule has 5 rings (SSSR count). The Balaban J connectivity index is 1.36. The highest BCUT2D eigenvalue weighted by Crippen LogP contribution is 2.34. The summed E-state index contributed by atoms with van der Waals surface area (Å²) in [6.45, 7) is 3.93. The number of pyridine rings is 1. The van der Waals surface area contributed by atoms with Gasteiger partial charge in [-0.15, -0.1) is 0 Å². The normalized spacial score (nSPS) is 15.6. The molecule has 0 saturated carbocycles. The fourth-order valence-corrected chi connectivity index (χ4v) is 5.47. The molecular formula is C24H23N5O3S. The van der Waals surface area contributed by atoms with Crippen molar-refractivity contribution in [3.63, 3.8) is 0 Å². The molecule has 1 N–H and O–H groups in total. The van der Waals surface area contributed by atoms with Crippen molar-refractivity contribution >= 4 is 38.3 Å². The lowest BCUT2D eigenvalue weighted by Crippen LogP contribution is -2.33. The number of nitrogens with zero attached hydrogens (tertiary/aromatic N) is 4. The second kappa shape index (κ2) is 8.00. The lowest BCUT2D eigenvalue weighted by Gasteiger charge is -2.20. The van der Waals surface area contributed by atoms with Crippen molar-refractivity contribution in [1.29, 1.82) is 0 Å². The second-order valence-electron chi connectivity index (χ2n) is 8.23. The number of rotatable bonds is 5. The number of hydrogen-bond donors (Lipinski definition) is 1. The van der Waals surface area contributed by atoms with Crippen molar-refractivity contribution in [3.05, 3.63) is 78.1 Å². The minimum Gasteiger partial charge on any atom is -0.309 e. The SMILES string of the molecule is CC(=O)N1c2ccc(S(=O)(=O)Nc3ccn(Cc4cccc5cccnc45)n3)cc2CC1C. The molecular weight excluding hydrogens is 438 g/mol. The third-order valence-electron chi connectivity index (χ3n) is 5.84. The molecule has 168 valence electrons. The van der Waals surface area contributed by atoms with E-state index in [-0.39, 0.29) is 22.7 Å². The molecule has 2 aromatic carbocycles. The summed E-state index contributed by atoms with van der Waals surface area (Å²) < 4.78 is 30.2. The summed E-state index contributed by atoms with van der Waals surface area (Å²) in [5, 5.41) is 5.43. The maximum atomic E-state index is 13.0. The Morgan fingerprint density at radius 1 is 1.15 bits per heavy atom. The number of benzene rings is 2. The smallest absolute Gasteiger partial charge is 0.263 e. The van der Waals surface area contributed by atoms with Gasteiger partial charge in [-0.25, -0.2) is 8.42 Å². The molecule has 8 nitrogen and oxygen atoms in total. The van der Waals surface area contributed by atoms with Gasteiger partial charge >= 0.3 is 0 Å². The van der Waals surface area contributed by atoms with Crippen LogP contribution in [-0.2, 0) is 27.8 Å². The number of aromatic nitrogens is 3. The third kappa shape index (κ3) is 3.95. The average molecular weight is 462 g/mol. The molecule has 0 saturated heterocycles. The van der Waals surface area contributed by atoms with E-state index >= 15 is 0 Å². The molecule has 0 radical (unpaired) electrons. The van der Waals surface area contributed by atoms with E-state index < -0.39 is 10.0 Å². The summed E-state index contributed by atoms with van der Waals surface area (Å²) in [7, 11) is -3.83. The molecule has 33 heavy (non-hydrogen) atoms. The third-order valence-corrected chi connectivity index (χ3v) is 7.20. The zero-order valence-corrected chi connectivity index (χ0v) is 19.1. The van der Waals surface area contributed by atoms with Crippen LogP contribution >= 0.6 is 0 Å². The number of carbonyl (C=O) groups is 1. The number of para-hydroxylation sites is 1. The van der Waals surface area contributed by atoms with Gasteiger partial charge in [0.15, 0.2) is 5.82 Å². The van der Waals surface area contributed by atoms with Crippen molar-refractivity contribution in [2.24, 2.45) is 0 Å². The molecule has 0 fully saturated rings. The fraction of sp³-hybridized carbons (Fsp3) is 0.208. The van der Waals surface area contributed by atoms with E-state index in [1.807, 2.05) is 37.3 Å². The van der Waals surface area contributed by atoms with E-state index in [2.05, 4.69) is 14.8 Å². The van der Waals surface area contributed by atoms with Crippen LogP contribution in [-0.4, -0.2) is 35.1 Å². The Morgan fingerprint density at radius 3 is 2.79 bits per heavy atom. The Morgan fingerprint density at radius 2 is 1.97 bits per heavy atom. The molecule has 3 heterocycles. The monoisotopic (exact) mass is 461 g/mol. The van der Waals surface area contributed by atoms with Gasteiger partial charge in [0.05, 0.1) is 17.0 Å². The predicted molar refractivity (Wildman–Crippen MR) is 127 cm³/mol. The Labute approximate surface area is 191 Å². The second-order valence-corrected chi connectivity index (χ2v) is 9.91. The highest BCUT2D eigenvalue weighted by Gasteiger charge is 2.30. The van der Waals surface area contributed by atoms with Crippen LogP contribution < -0.4 is 9.62 Å². The van der Waals surface area contributed by atoms with Crippen LogP contribution in [0.2, 0.25) is 0 Å². The quantitative estimate of drug-likeness (QED) is 0.490. The molecule has 2 aromatic heterocycles. The van der Waals surface area contributed by atoms with E-state index in [1.54, 1.807) is 40.2 Å². The Kier molecular flexibility index (Phi) is 5.13. The van der Waals surface area contributed by atoms with Gasteiger partial charge in [-0.05, 0) is 48.7 Å². The van der Waals surface area contributed by atoms with E-state index in [1.165, 1.54) is 13.0 Å². The van der Waals surface area contributed by atoms with Gasteiger partial charge < -0.3 is 4.90 Å². The van der Waals surface area contributed by atoms with Crippen LogP contribution in [0.15, 0.2) is 71.9 Å². The summed E-state index contributed by atoms with van der Waals surface area (Å²) in [5.74, 6) is 0.185. The molecule has 1 atom stereocenters. The topological polar surface area (TPSA) is 97.2 Å². The molecule has 0 spiro atoms. The number of fused-ring (bicyclic) bond motifs is 2. The summed E-state index contributed by atoms with van der Waals surface area (Å²) in [5.41, 5.74) is 3.49. The lowest BCUT2D eigenvalue weighted by atomic mass is 10.1. The van der Waals surface area contributed by atoms with Gasteiger partial charge in [-0.3, -0.25) is 19.2 Å². The molecule has 9 heteroatoms. The average Bonchev–Trinajstić information content (AvgIpc) is 3.35. The molecule has 1 aliphatic heterocycles. The molecule has 1 aliphatic rings. The first-order valence-electron chi connectivity index (χ1n) is 10.6. The summed E-state index contributed by atoms with van der Waals surface area (Å²) in [4.78, 5) is 18.2. The van der Waals surface area contributed by atoms with Gasteiger partial charge in [0.25, 0.3) is 10.0 Å². The Hall–Kier alpha value is -3.72. The maximum absolute atomic E-state index is 13.0. The van der Waals surface area contributed by atoms with E-state index in [9.17, 15) is 13.2 Å². The first kappa shape index (κ1) is 21.1. The summed E-state index contributed by atoms with van der Waals surface area (Å²) in [6.07, 6.45) is 4.10. The number of sulfonamides is 1. The first-order chi connectivity index (χ1) is 15.8. The minimum atomic E-state index is -3.83. The molecule has 0 bridgehead atoms. The van der Waals surface area contributed by atoms with Crippen LogP contribution in [0.1, 0.15) is 25.0 Å². The maximum Gasteiger partial charge on any atom is 0.263 e. The zero-order valence-electron chi connectivity index (χ0n) is 18.3. The summed E-state index contributed by atoms with van der Waals surface area (Å²) in [6, 6.07) is 16.3. The highest BCUT2D eigenvalue weighted by molar-refractivity contribution is 7.92. The molecule has 1 amide bonds. The van der Waals surface area contributed by atoms with E-state index in [0.29, 0.717) is 13.0 Å². The first-order valence-corrected chi connectivity index (χ1v) is 12.1. The number of anilines is 2. The van der Waals surface area contributed by atoms with Gasteiger partial charge in [0.1, 0.15) is 0 Å². The van der Waals surface area contributed by atoms with Gasteiger partial charge in [-0.2, -0.15) is 5.10 Å². The van der Waals surface area contributed by atoms with Gasteiger partial charge in [0, 0.05) is 42.5 Å². The van der Waals surface area contributed by atoms with Crippen LogP contribution in [0, 0.1) is 0 Å². The van der Waals surface area contributed by atoms with Gasteiger partial charge in [0.2, 0.25) is 5.91 Å². The predicted octanol–water partition coefficient (Wildman–Crippen LogP) is 3.58. The van der Waals surface area contributed by atoms with E-state index in [4.69, 9.17) is 0 Å². The summed E-state index contributed by atoms with van der Waals surface area (Å²) >= 11 is 0. The Bertz CT molecular complexity index is 1470. The van der Waals surface area contributed by atoms with Gasteiger partial charge in [-0.1, -0.05) is 24.3 Å². The number of carbonyl (C=O) groups excluding carboxylic acids is 1. The van der Waals surface area contributed by atoms with Crippen molar-refractivity contribution in [3.8, 4) is 0 Å². The fourth-order valence-electron chi connectivity index (χ4n) is 4.42. The van der Waals surface area contributed by atoms with Crippen molar-refractivity contribution in [2.45, 2.75) is 37.8 Å².